The highest BCUT2D eigenvalue weighted by atomic mass is 16.5. The van der Waals surface area contributed by atoms with Crippen molar-refractivity contribution >= 4 is 0 Å². The molecule has 1 aromatic rings. The molecule has 2 unspecified atom stereocenters. The minimum atomic E-state index is -0.563. The Hall–Kier alpha value is -1.56. The largest absolute Gasteiger partial charge is 0.494 e. The molecule has 1 heterocycles. The number of hydrogen-bond donors (Lipinski definition) is 2. The SMILES string of the molecule is CCc1c(O)n(C2CC(OC)C2(C)C)c(=O)[nH]c1=O. The van der Waals surface area contributed by atoms with Crippen molar-refractivity contribution in [1.29, 1.82) is 0 Å². The summed E-state index contributed by atoms with van der Waals surface area (Å²) in [6, 6.07) is -0.174. The summed E-state index contributed by atoms with van der Waals surface area (Å²) < 4.78 is 6.63. The Morgan fingerprint density at radius 2 is 2.11 bits per heavy atom. The number of methoxy groups -OCH3 is 1. The van der Waals surface area contributed by atoms with Gasteiger partial charge in [0, 0.05) is 12.5 Å². The molecule has 2 rings (SSSR count). The van der Waals surface area contributed by atoms with Gasteiger partial charge in [-0.25, -0.2) is 4.79 Å². The standard InChI is InChI=1S/C13H20N2O4/c1-5-7-10(16)14-12(18)15(11(7)17)8-6-9(19-4)13(8,2)3/h8-9,17H,5-6H2,1-4H3,(H,14,16,18). The first-order valence-corrected chi connectivity index (χ1v) is 6.44. The molecule has 0 spiro atoms. The van der Waals surface area contributed by atoms with Gasteiger partial charge in [-0.05, 0) is 12.8 Å². The van der Waals surface area contributed by atoms with Crippen LogP contribution in [0.15, 0.2) is 9.59 Å². The van der Waals surface area contributed by atoms with Gasteiger partial charge >= 0.3 is 5.69 Å². The van der Waals surface area contributed by atoms with Crippen LogP contribution in [-0.2, 0) is 11.2 Å². The Kier molecular flexibility index (Phi) is 3.30. The smallest absolute Gasteiger partial charge is 0.331 e. The van der Waals surface area contributed by atoms with Crippen molar-refractivity contribution in [3.8, 4) is 5.88 Å². The van der Waals surface area contributed by atoms with Gasteiger partial charge in [0.25, 0.3) is 5.56 Å². The van der Waals surface area contributed by atoms with Crippen molar-refractivity contribution in [1.82, 2.24) is 9.55 Å². The van der Waals surface area contributed by atoms with Crippen LogP contribution in [-0.4, -0.2) is 27.9 Å². The number of rotatable bonds is 3. The Labute approximate surface area is 111 Å². The van der Waals surface area contributed by atoms with Crippen LogP contribution in [0, 0.1) is 5.41 Å². The second-order valence-electron chi connectivity index (χ2n) is 5.58. The summed E-state index contributed by atoms with van der Waals surface area (Å²) >= 11 is 0. The third-order valence-corrected chi connectivity index (χ3v) is 4.29. The van der Waals surface area contributed by atoms with E-state index in [0.29, 0.717) is 12.8 Å². The Bertz CT molecular complexity index is 600. The highest BCUT2D eigenvalue weighted by Crippen LogP contribution is 2.51. The highest BCUT2D eigenvalue weighted by Gasteiger charge is 2.51. The van der Waals surface area contributed by atoms with Crippen LogP contribution in [0.25, 0.3) is 0 Å². The maximum Gasteiger partial charge on any atom is 0.331 e. The van der Waals surface area contributed by atoms with Gasteiger partial charge in [-0.2, -0.15) is 0 Å². The maximum absolute atomic E-state index is 12.0. The molecule has 1 fully saturated rings. The molecule has 0 amide bonds. The van der Waals surface area contributed by atoms with Crippen LogP contribution < -0.4 is 11.2 Å². The van der Waals surface area contributed by atoms with Gasteiger partial charge in [-0.1, -0.05) is 20.8 Å². The quantitative estimate of drug-likeness (QED) is 0.849. The lowest BCUT2D eigenvalue weighted by molar-refractivity contribution is -0.115. The van der Waals surface area contributed by atoms with E-state index in [4.69, 9.17) is 4.74 Å². The molecule has 0 aliphatic heterocycles. The average molecular weight is 268 g/mol. The fourth-order valence-corrected chi connectivity index (χ4v) is 2.89. The van der Waals surface area contributed by atoms with Crippen molar-refractivity contribution in [2.75, 3.05) is 7.11 Å². The zero-order valence-electron chi connectivity index (χ0n) is 11.7. The summed E-state index contributed by atoms with van der Waals surface area (Å²) in [7, 11) is 1.63. The number of ether oxygens (including phenoxy) is 1. The lowest BCUT2D eigenvalue weighted by atomic mass is 9.64. The summed E-state index contributed by atoms with van der Waals surface area (Å²) in [5.74, 6) is -0.219. The number of aromatic nitrogens is 2. The molecule has 0 aromatic carbocycles. The third-order valence-electron chi connectivity index (χ3n) is 4.29. The van der Waals surface area contributed by atoms with E-state index in [-0.39, 0.29) is 29.0 Å². The molecular formula is C13H20N2O4. The maximum atomic E-state index is 12.0. The predicted octanol–water partition coefficient (Wildman–Crippen LogP) is 0.791. The number of nitrogens with zero attached hydrogens (tertiary/aromatic N) is 1. The minimum Gasteiger partial charge on any atom is -0.494 e. The van der Waals surface area contributed by atoms with Crippen LogP contribution in [0.3, 0.4) is 0 Å². The summed E-state index contributed by atoms with van der Waals surface area (Å²) in [4.78, 5) is 25.8. The first-order chi connectivity index (χ1) is 8.84. The van der Waals surface area contributed by atoms with Crippen molar-refractivity contribution in [3.63, 3.8) is 0 Å². The van der Waals surface area contributed by atoms with E-state index >= 15 is 0 Å². The van der Waals surface area contributed by atoms with Crippen molar-refractivity contribution in [2.24, 2.45) is 5.41 Å². The molecule has 0 radical (unpaired) electrons. The molecule has 1 saturated carbocycles. The van der Waals surface area contributed by atoms with E-state index < -0.39 is 11.2 Å². The van der Waals surface area contributed by atoms with E-state index in [1.807, 2.05) is 13.8 Å². The monoisotopic (exact) mass is 268 g/mol. The Morgan fingerprint density at radius 1 is 1.47 bits per heavy atom. The van der Waals surface area contributed by atoms with Crippen molar-refractivity contribution < 1.29 is 9.84 Å². The fourth-order valence-electron chi connectivity index (χ4n) is 2.89. The van der Waals surface area contributed by atoms with Gasteiger partial charge < -0.3 is 9.84 Å². The summed E-state index contributed by atoms with van der Waals surface area (Å²) in [5.41, 5.74) is -1.09. The number of H-pyrrole nitrogens is 1. The molecule has 2 atom stereocenters. The summed E-state index contributed by atoms with van der Waals surface area (Å²) in [6.45, 7) is 5.73. The number of aromatic hydroxyl groups is 1. The van der Waals surface area contributed by atoms with E-state index in [1.54, 1.807) is 14.0 Å². The average Bonchev–Trinajstić information content (AvgIpc) is 2.32. The molecule has 6 nitrogen and oxygen atoms in total. The molecule has 1 aliphatic carbocycles. The van der Waals surface area contributed by atoms with Crippen LogP contribution in [0.2, 0.25) is 0 Å². The topological polar surface area (TPSA) is 84.3 Å². The van der Waals surface area contributed by atoms with Crippen LogP contribution >= 0.6 is 0 Å². The minimum absolute atomic E-state index is 0.0424. The molecule has 6 heteroatoms. The number of nitrogens with one attached hydrogen (secondary N) is 1. The van der Waals surface area contributed by atoms with Gasteiger partial charge in [0.2, 0.25) is 5.88 Å². The van der Waals surface area contributed by atoms with E-state index in [9.17, 15) is 14.7 Å². The number of hydrogen-bond acceptors (Lipinski definition) is 4. The lowest BCUT2D eigenvalue weighted by Crippen LogP contribution is -2.54. The van der Waals surface area contributed by atoms with Gasteiger partial charge in [-0.3, -0.25) is 14.3 Å². The first-order valence-electron chi connectivity index (χ1n) is 6.44. The first kappa shape index (κ1) is 13.9. The van der Waals surface area contributed by atoms with Crippen LogP contribution in [0.4, 0.5) is 0 Å². The molecule has 1 aromatic heterocycles. The second kappa shape index (κ2) is 4.52. The van der Waals surface area contributed by atoms with Gasteiger partial charge in [-0.15, -0.1) is 0 Å². The molecule has 1 aliphatic rings. The lowest BCUT2D eigenvalue weighted by Gasteiger charge is -2.51. The third kappa shape index (κ3) is 1.90. The van der Waals surface area contributed by atoms with Crippen molar-refractivity contribution in [3.05, 3.63) is 26.4 Å². The zero-order chi connectivity index (χ0) is 14.4. The second-order valence-corrected chi connectivity index (χ2v) is 5.58. The molecule has 0 bridgehead atoms. The van der Waals surface area contributed by atoms with E-state index in [1.165, 1.54) is 4.57 Å². The van der Waals surface area contributed by atoms with E-state index in [2.05, 4.69) is 4.98 Å². The van der Waals surface area contributed by atoms with Crippen molar-refractivity contribution in [2.45, 2.75) is 45.8 Å². The van der Waals surface area contributed by atoms with Gasteiger partial charge in [0.1, 0.15) is 0 Å². The zero-order valence-corrected chi connectivity index (χ0v) is 11.7. The molecule has 2 N–H and O–H groups in total. The highest BCUT2D eigenvalue weighted by molar-refractivity contribution is 5.24. The summed E-state index contributed by atoms with van der Waals surface area (Å²) in [6.07, 6.45) is 1.06. The molecular weight excluding hydrogens is 248 g/mol. The van der Waals surface area contributed by atoms with E-state index in [0.717, 1.165) is 0 Å². The fraction of sp³-hybridized carbons (Fsp3) is 0.692. The molecule has 0 saturated heterocycles. The van der Waals surface area contributed by atoms with Crippen LogP contribution in [0.5, 0.6) is 5.88 Å². The van der Waals surface area contributed by atoms with Gasteiger partial charge in [0.05, 0.1) is 17.7 Å². The molecule has 19 heavy (non-hydrogen) atoms. The summed E-state index contributed by atoms with van der Waals surface area (Å²) in [5, 5.41) is 10.2. The predicted molar refractivity (Wildman–Crippen MR) is 70.6 cm³/mol. The normalized spacial score (nSPS) is 25.1. The number of aromatic amines is 1. The van der Waals surface area contributed by atoms with Crippen LogP contribution in [0.1, 0.15) is 38.8 Å². The Balaban J connectivity index is 2.54. The van der Waals surface area contributed by atoms with Gasteiger partial charge in [0.15, 0.2) is 0 Å². The Morgan fingerprint density at radius 3 is 2.58 bits per heavy atom. The molecule has 106 valence electrons.